The maximum atomic E-state index is 11.7. The Morgan fingerprint density at radius 1 is 1.62 bits per heavy atom. The average Bonchev–Trinajstić information content (AvgIpc) is 1.65. The van der Waals surface area contributed by atoms with Gasteiger partial charge in [0.15, 0.2) is 0 Å². The zero-order chi connectivity index (χ0) is 6.36. The minimum absolute atomic E-state index is 0.366. The summed E-state index contributed by atoms with van der Waals surface area (Å²) in [5.41, 5.74) is 0. The molecule has 0 unspecified atom stereocenters. The molecule has 0 saturated carbocycles. The van der Waals surface area contributed by atoms with E-state index in [4.69, 9.17) is 11.6 Å². The smallest absolute Gasteiger partial charge is 0.286 e. The standard InChI is InChI=1S/C4HClF2O/c5-2-1-4(6,7)3(2)8/h1H. The largest absolute Gasteiger partial charge is 0.330 e. The second-order valence-corrected chi connectivity index (χ2v) is 1.85. The lowest BCUT2D eigenvalue weighted by Gasteiger charge is -2.17. The number of halogens is 3. The van der Waals surface area contributed by atoms with E-state index in [-0.39, 0.29) is 5.03 Å². The molecule has 0 atom stereocenters. The Bertz CT molecular complexity index is 173. The summed E-state index contributed by atoms with van der Waals surface area (Å²) in [6, 6.07) is 0. The Labute approximate surface area is 48.9 Å². The molecular weight excluding hydrogens is 137 g/mol. The number of carbonyl (C=O) groups is 1. The van der Waals surface area contributed by atoms with E-state index >= 15 is 0 Å². The Hall–Kier alpha value is -0.440. The molecule has 0 heterocycles. The summed E-state index contributed by atoms with van der Waals surface area (Å²) in [6.07, 6.45) is 0.427. The molecule has 0 aliphatic heterocycles. The van der Waals surface area contributed by atoms with Crippen LogP contribution in [-0.2, 0) is 4.79 Å². The van der Waals surface area contributed by atoms with Gasteiger partial charge in [0.25, 0.3) is 0 Å². The molecule has 0 bridgehead atoms. The van der Waals surface area contributed by atoms with Crippen LogP contribution < -0.4 is 0 Å². The van der Waals surface area contributed by atoms with Gasteiger partial charge in [0.1, 0.15) is 0 Å². The monoisotopic (exact) mass is 138 g/mol. The third-order valence-corrected chi connectivity index (χ3v) is 1.11. The first-order valence-electron chi connectivity index (χ1n) is 1.85. The minimum Gasteiger partial charge on any atom is -0.286 e. The van der Waals surface area contributed by atoms with Gasteiger partial charge in [-0.15, -0.1) is 0 Å². The molecule has 0 aromatic heterocycles. The summed E-state index contributed by atoms with van der Waals surface area (Å²) in [5, 5.41) is -0.366. The molecular formula is C4HClF2O. The topological polar surface area (TPSA) is 17.1 Å². The molecule has 1 aliphatic rings. The highest BCUT2D eigenvalue weighted by Gasteiger charge is 2.46. The van der Waals surface area contributed by atoms with Crippen molar-refractivity contribution < 1.29 is 13.6 Å². The molecule has 0 aromatic carbocycles. The molecule has 0 fully saturated rings. The first kappa shape index (κ1) is 5.69. The van der Waals surface area contributed by atoms with Crippen molar-refractivity contribution in [2.75, 3.05) is 0 Å². The number of hydrogen-bond donors (Lipinski definition) is 0. The number of allylic oxidation sites excluding steroid dienone is 2. The second-order valence-electron chi connectivity index (χ2n) is 1.44. The Balaban J connectivity index is 2.90. The molecule has 0 aromatic rings. The summed E-state index contributed by atoms with van der Waals surface area (Å²) >= 11 is 4.92. The van der Waals surface area contributed by atoms with Gasteiger partial charge in [0.2, 0.25) is 5.78 Å². The van der Waals surface area contributed by atoms with Crippen molar-refractivity contribution in [3.05, 3.63) is 11.1 Å². The molecule has 0 saturated heterocycles. The van der Waals surface area contributed by atoms with Crippen molar-refractivity contribution in [3.63, 3.8) is 0 Å². The van der Waals surface area contributed by atoms with E-state index in [0.29, 0.717) is 6.08 Å². The number of alkyl halides is 2. The molecule has 0 amide bonds. The zero-order valence-electron chi connectivity index (χ0n) is 3.62. The van der Waals surface area contributed by atoms with Crippen molar-refractivity contribution in [3.8, 4) is 0 Å². The highest BCUT2D eigenvalue weighted by molar-refractivity contribution is 6.46. The first-order valence-corrected chi connectivity index (χ1v) is 2.23. The van der Waals surface area contributed by atoms with Crippen molar-refractivity contribution in [2.24, 2.45) is 0 Å². The van der Waals surface area contributed by atoms with Crippen LogP contribution in [0.25, 0.3) is 0 Å². The second kappa shape index (κ2) is 1.29. The fraction of sp³-hybridized carbons (Fsp3) is 0.250. The van der Waals surface area contributed by atoms with Crippen LogP contribution in [0, 0.1) is 0 Å². The SMILES string of the molecule is O=C1C(Cl)=CC1(F)F. The van der Waals surface area contributed by atoms with Gasteiger partial charge < -0.3 is 0 Å². The highest BCUT2D eigenvalue weighted by atomic mass is 35.5. The van der Waals surface area contributed by atoms with Crippen LogP contribution in [0.5, 0.6) is 0 Å². The maximum absolute atomic E-state index is 11.7. The van der Waals surface area contributed by atoms with Crippen molar-refractivity contribution in [1.82, 2.24) is 0 Å². The van der Waals surface area contributed by atoms with Crippen LogP contribution in [-0.4, -0.2) is 11.7 Å². The van der Waals surface area contributed by atoms with Crippen LogP contribution in [0.15, 0.2) is 11.1 Å². The van der Waals surface area contributed by atoms with E-state index in [0.717, 1.165) is 0 Å². The van der Waals surface area contributed by atoms with Gasteiger partial charge in [-0.1, -0.05) is 11.6 Å². The van der Waals surface area contributed by atoms with E-state index in [1.807, 2.05) is 0 Å². The lowest BCUT2D eigenvalue weighted by Crippen LogP contribution is -2.35. The fourth-order valence-corrected chi connectivity index (χ4v) is 0.635. The third-order valence-electron chi connectivity index (χ3n) is 0.828. The molecule has 1 aliphatic carbocycles. The van der Waals surface area contributed by atoms with Gasteiger partial charge in [-0.2, -0.15) is 8.78 Å². The van der Waals surface area contributed by atoms with Gasteiger partial charge in [-0.3, -0.25) is 4.79 Å². The number of Topliss-reactive ketones (excluding diaryl/α,β-unsaturated/α-hetero) is 1. The van der Waals surface area contributed by atoms with Crippen LogP contribution in [0.3, 0.4) is 0 Å². The van der Waals surface area contributed by atoms with Crippen molar-refractivity contribution in [2.45, 2.75) is 5.92 Å². The van der Waals surface area contributed by atoms with Crippen LogP contribution >= 0.6 is 11.6 Å². The van der Waals surface area contributed by atoms with Gasteiger partial charge in [-0.05, 0) is 0 Å². The van der Waals surface area contributed by atoms with E-state index in [9.17, 15) is 13.6 Å². The Kier molecular flexibility index (Phi) is 0.915. The van der Waals surface area contributed by atoms with Crippen LogP contribution in [0.1, 0.15) is 0 Å². The Morgan fingerprint density at radius 2 is 2.12 bits per heavy atom. The molecule has 0 radical (unpaired) electrons. The number of rotatable bonds is 0. The molecule has 0 N–H and O–H groups in total. The van der Waals surface area contributed by atoms with Gasteiger partial charge in [0, 0.05) is 6.08 Å². The summed E-state index contributed by atoms with van der Waals surface area (Å²) in [6.45, 7) is 0. The molecule has 1 rings (SSSR count). The summed E-state index contributed by atoms with van der Waals surface area (Å²) in [7, 11) is 0. The highest BCUT2D eigenvalue weighted by Crippen LogP contribution is 2.33. The van der Waals surface area contributed by atoms with E-state index < -0.39 is 11.7 Å². The molecule has 44 valence electrons. The molecule has 0 spiro atoms. The lowest BCUT2D eigenvalue weighted by atomic mass is 10.0. The van der Waals surface area contributed by atoms with Crippen LogP contribution in [0.4, 0.5) is 8.78 Å². The first-order chi connectivity index (χ1) is 3.54. The van der Waals surface area contributed by atoms with Crippen molar-refractivity contribution >= 4 is 17.4 Å². The Morgan fingerprint density at radius 3 is 2.12 bits per heavy atom. The van der Waals surface area contributed by atoms with Crippen molar-refractivity contribution in [1.29, 1.82) is 0 Å². The molecule has 8 heavy (non-hydrogen) atoms. The predicted octanol–water partition coefficient (Wildman–Crippen LogP) is 1.33. The summed E-state index contributed by atoms with van der Waals surface area (Å²) < 4.78 is 23.3. The summed E-state index contributed by atoms with van der Waals surface area (Å²) in [5.74, 6) is -4.56. The summed E-state index contributed by atoms with van der Waals surface area (Å²) in [4.78, 5) is 9.93. The quantitative estimate of drug-likeness (QED) is 0.494. The fourth-order valence-electron chi connectivity index (χ4n) is 0.372. The number of ketones is 1. The van der Waals surface area contributed by atoms with E-state index in [1.54, 1.807) is 0 Å². The normalized spacial score (nSPS) is 24.4. The lowest BCUT2D eigenvalue weighted by molar-refractivity contribution is -0.135. The molecule has 1 nitrogen and oxygen atoms in total. The van der Waals surface area contributed by atoms with Gasteiger partial charge >= 0.3 is 5.92 Å². The maximum Gasteiger partial charge on any atom is 0.330 e. The van der Waals surface area contributed by atoms with E-state index in [2.05, 4.69) is 0 Å². The predicted molar refractivity (Wildman–Crippen MR) is 23.9 cm³/mol. The number of carbonyl (C=O) groups excluding carboxylic acids is 1. The van der Waals surface area contributed by atoms with Gasteiger partial charge in [-0.25, -0.2) is 0 Å². The van der Waals surface area contributed by atoms with Gasteiger partial charge in [0.05, 0.1) is 5.03 Å². The molecule has 4 heteroatoms. The van der Waals surface area contributed by atoms with E-state index in [1.165, 1.54) is 0 Å². The zero-order valence-corrected chi connectivity index (χ0v) is 4.38. The minimum atomic E-state index is -3.28. The van der Waals surface area contributed by atoms with Crippen LogP contribution in [0.2, 0.25) is 0 Å². The third kappa shape index (κ3) is 0.545. The average molecular weight is 138 g/mol. The number of hydrogen-bond acceptors (Lipinski definition) is 1.